The van der Waals surface area contributed by atoms with Crippen LogP contribution in [-0.2, 0) is 32.6 Å². The Morgan fingerprint density at radius 1 is 0.861 bits per heavy atom. The van der Waals surface area contributed by atoms with E-state index < -0.39 is 28.5 Å². The van der Waals surface area contributed by atoms with Crippen LogP contribution in [0.5, 0.6) is 0 Å². The molecule has 0 aromatic heterocycles. The Morgan fingerprint density at radius 2 is 1.44 bits per heavy atom. The lowest BCUT2D eigenvalue weighted by molar-refractivity contribution is -0.139. The largest absolute Gasteiger partial charge is 0.357 e. The number of hydrogen-bond acceptors (Lipinski definition) is 4. The van der Waals surface area contributed by atoms with Gasteiger partial charge in [-0.3, -0.25) is 13.9 Å². The maximum absolute atomic E-state index is 13.8. The monoisotopic (exact) mass is 507 g/mol. The molecule has 7 nitrogen and oxygen atoms in total. The molecule has 0 bridgehead atoms. The Morgan fingerprint density at radius 3 is 1.97 bits per heavy atom. The molecule has 0 saturated heterocycles. The van der Waals surface area contributed by atoms with E-state index in [1.54, 1.807) is 12.1 Å². The van der Waals surface area contributed by atoms with E-state index in [-0.39, 0.29) is 12.5 Å². The fourth-order valence-corrected chi connectivity index (χ4v) is 4.84. The van der Waals surface area contributed by atoms with Crippen LogP contribution in [0, 0.1) is 13.8 Å². The molecule has 0 aliphatic rings. The number of sulfonamides is 1. The molecule has 2 amide bonds. The van der Waals surface area contributed by atoms with Gasteiger partial charge in [-0.25, -0.2) is 8.42 Å². The highest BCUT2D eigenvalue weighted by Crippen LogP contribution is 2.23. The number of amides is 2. The first-order valence-electron chi connectivity index (χ1n) is 11.7. The Labute approximate surface area is 213 Å². The summed E-state index contributed by atoms with van der Waals surface area (Å²) >= 11 is 0. The first-order valence-corrected chi connectivity index (χ1v) is 13.6. The van der Waals surface area contributed by atoms with Crippen molar-refractivity contribution in [3.8, 4) is 0 Å². The van der Waals surface area contributed by atoms with Gasteiger partial charge < -0.3 is 10.2 Å². The molecule has 0 radical (unpaired) electrons. The van der Waals surface area contributed by atoms with Crippen molar-refractivity contribution in [1.82, 2.24) is 10.2 Å². The van der Waals surface area contributed by atoms with E-state index in [0.29, 0.717) is 12.1 Å². The van der Waals surface area contributed by atoms with Crippen molar-refractivity contribution in [3.63, 3.8) is 0 Å². The number of carbonyl (C=O) groups is 2. The lowest BCUT2D eigenvalue weighted by Gasteiger charge is -2.33. The highest BCUT2D eigenvalue weighted by molar-refractivity contribution is 7.92. The highest BCUT2D eigenvalue weighted by Gasteiger charge is 2.32. The highest BCUT2D eigenvalue weighted by atomic mass is 32.2. The normalized spacial score (nSPS) is 12.0. The van der Waals surface area contributed by atoms with Gasteiger partial charge in [0.25, 0.3) is 0 Å². The standard InChI is InChI=1S/C28H33N3O4S/c1-21-15-16-25(17-22(21)2)31(36(4,34)35)20-27(32)30(19-24-13-9-6-10-14-24)26(28(33)29-3)18-23-11-7-5-8-12-23/h5-17,26H,18-20H2,1-4H3,(H,29,33)/t26-/m1/s1. The van der Waals surface area contributed by atoms with Crippen LogP contribution < -0.4 is 9.62 Å². The minimum absolute atomic E-state index is 0.162. The number of benzene rings is 3. The molecular formula is C28H33N3O4S. The molecule has 0 saturated carbocycles. The van der Waals surface area contributed by atoms with E-state index in [0.717, 1.165) is 32.8 Å². The molecule has 0 spiro atoms. The Bertz CT molecular complexity index is 1290. The average Bonchev–Trinajstić information content (AvgIpc) is 2.86. The first-order chi connectivity index (χ1) is 17.1. The van der Waals surface area contributed by atoms with Crippen LogP contribution in [0.1, 0.15) is 22.3 Å². The second-order valence-corrected chi connectivity index (χ2v) is 10.8. The SMILES string of the molecule is CNC(=O)[C@@H](Cc1ccccc1)N(Cc1ccccc1)C(=O)CN(c1ccc(C)c(C)c1)S(C)(=O)=O. The van der Waals surface area contributed by atoms with Crippen molar-refractivity contribution >= 4 is 27.5 Å². The van der Waals surface area contributed by atoms with E-state index in [1.165, 1.54) is 11.9 Å². The van der Waals surface area contributed by atoms with Crippen LogP contribution in [-0.4, -0.2) is 51.0 Å². The van der Waals surface area contributed by atoms with Crippen LogP contribution in [0.25, 0.3) is 0 Å². The fraction of sp³-hybridized carbons (Fsp3) is 0.286. The van der Waals surface area contributed by atoms with Gasteiger partial charge in [0, 0.05) is 20.0 Å². The van der Waals surface area contributed by atoms with Gasteiger partial charge in [-0.1, -0.05) is 66.7 Å². The summed E-state index contributed by atoms with van der Waals surface area (Å²) < 4.78 is 26.6. The second kappa shape index (κ2) is 11.9. The zero-order chi connectivity index (χ0) is 26.3. The van der Waals surface area contributed by atoms with E-state index >= 15 is 0 Å². The van der Waals surface area contributed by atoms with Crippen LogP contribution in [0.4, 0.5) is 5.69 Å². The van der Waals surface area contributed by atoms with E-state index in [9.17, 15) is 18.0 Å². The van der Waals surface area contributed by atoms with Crippen LogP contribution in [0.3, 0.4) is 0 Å². The molecule has 3 rings (SSSR count). The predicted octanol–water partition coefficient (Wildman–Crippen LogP) is 3.46. The summed E-state index contributed by atoms with van der Waals surface area (Å²) in [5, 5.41) is 2.67. The van der Waals surface area contributed by atoms with Gasteiger partial charge in [0.2, 0.25) is 21.8 Å². The summed E-state index contributed by atoms with van der Waals surface area (Å²) in [6, 6.07) is 23.3. The molecule has 0 aliphatic heterocycles. The zero-order valence-corrected chi connectivity index (χ0v) is 22.0. The van der Waals surface area contributed by atoms with Crippen molar-refractivity contribution in [2.24, 2.45) is 0 Å². The Kier molecular flexibility index (Phi) is 8.88. The van der Waals surface area contributed by atoms with E-state index in [4.69, 9.17) is 0 Å². The topological polar surface area (TPSA) is 86.8 Å². The summed E-state index contributed by atoms with van der Waals surface area (Å²) in [6.07, 6.45) is 1.37. The third-order valence-electron chi connectivity index (χ3n) is 6.17. The van der Waals surface area contributed by atoms with Gasteiger partial charge in [0.1, 0.15) is 12.6 Å². The van der Waals surface area contributed by atoms with Gasteiger partial charge >= 0.3 is 0 Å². The van der Waals surface area contributed by atoms with Crippen LogP contribution >= 0.6 is 0 Å². The van der Waals surface area contributed by atoms with Crippen molar-refractivity contribution in [2.75, 3.05) is 24.2 Å². The van der Waals surface area contributed by atoms with Gasteiger partial charge in [0.05, 0.1) is 11.9 Å². The number of nitrogens with one attached hydrogen (secondary N) is 1. The molecule has 8 heteroatoms. The quantitative estimate of drug-likeness (QED) is 0.455. The molecule has 0 unspecified atom stereocenters. The summed E-state index contributed by atoms with van der Waals surface area (Å²) in [5.74, 6) is -0.785. The summed E-state index contributed by atoms with van der Waals surface area (Å²) in [4.78, 5) is 28.3. The maximum atomic E-state index is 13.8. The third kappa shape index (κ3) is 6.95. The van der Waals surface area contributed by atoms with E-state index in [1.807, 2.05) is 80.6 Å². The molecular weight excluding hydrogens is 474 g/mol. The summed E-state index contributed by atoms with van der Waals surface area (Å²) in [6.45, 7) is 3.57. The molecule has 1 atom stereocenters. The zero-order valence-electron chi connectivity index (χ0n) is 21.1. The molecule has 0 heterocycles. The van der Waals surface area contributed by atoms with Gasteiger partial charge in [-0.15, -0.1) is 0 Å². The van der Waals surface area contributed by atoms with Crippen LogP contribution in [0.15, 0.2) is 78.9 Å². The number of aryl methyl sites for hydroxylation is 2. The molecule has 36 heavy (non-hydrogen) atoms. The Balaban J connectivity index is 2.01. The average molecular weight is 508 g/mol. The van der Waals surface area contributed by atoms with Crippen molar-refractivity contribution in [3.05, 3.63) is 101 Å². The molecule has 1 N–H and O–H groups in total. The molecule has 190 valence electrons. The van der Waals surface area contributed by atoms with Crippen molar-refractivity contribution < 1.29 is 18.0 Å². The second-order valence-electron chi connectivity index (χ2n) is 8.87. The van der Waals surface area contributed by atoms with Gasteiger partial charge in [-0.05, 0) is 48.2 Å². The minimum atomic E-state index is -3.77. The predicted molar refractivity (Wildman–Crippen MR) is 143 cm³/mol. The summed E-state index contributed by atoms with van der Waals surface area (Å²) in [7, 11) is -2.24. The fourth-order valence-electron chi connectivity index (χ4n) is 4.00. The molecule has 3 aromatic rings. The molecule has 0 fully saturated rings. The number of rotatable bonds is 10. The smallest absolute Gasteiger partial charge is 0.244 e. The summed E-state index contributed by atoms with van der Waals surface area (Å²) in [5.41, 5.74) is 4.08. The number of nitrogens with zero attached hydrogens (tertiary/aromatic N) is 2. The molecule has 0 aliphatic carbocycles. The number of hydrogen-bond donors (Lipinski definition) is 1. The Hall–Kier alpha value is -3.65. The number of anilines is 1. The first kappa shape index (κ1) is 26.9. The lowest BCUT2D eigenvalue weighted by atomic mass is 10.0. The van der Waals surface area contributed by atoms with E-state index in [2.05, 4.69) is 5.32 Å². The van der Waals surface area contributed by atoms with Crippen molar-refractivity contribution in [1.29, 1.82) is 0 Å². The number of likely N-dealkylation sites (N-methyl/N-ethyl adjacent to an activating group) is 1. The van der Waals surface area contributed by atoms with Gasteiger partial charge in [0.15, 0.2) is 0 Å². The minimum Gasteiger partial charge on any atom is -0.357 e. The third-order valence-corrected chi connectivity index (χ3v) is 7.31. The number of carbonyl (C=O) groups excluding carboxylic acids is 2. The van der Waals surface area contributed by atoms with Crippen LogP contribution in [0.2, 0.25) is 0 Å². The molecule has 3 aromatic carbocycles. The lowest BCUT2D eigenvalue weighted by Crippen LogP contribution is -2.52. The maximum Gasteiger partial charge on any atom is 0.244 e. The van der Waals surface area contributed by atoms with Crippen molar-refractivity contribution in [2.45, 2.75) is 32.9 Å². The van der Waals surface area contributed by atoms with Gasteiger partial charge in [-0.2, -0.15) is 0 Å².